The Morgan fingerprint density at radius 3 is 2.14 bits per heavy atom. The Hall–Kier alpha value is -1.00. The van der Waals surface area contributed by atoms with Gasteiger partial charge in [0.15, 0.2) is 0 Å². The molecule has 0 spiro atoms. The second kappa shape index (κ2) is 5.02. The van der Waals surface area contributed by atoms with Gasteiger partial charge in [0.2, 0.25) is 0 Å². The fourth-order valence-electron chi connectivity index (χ4n) is 1.16. The molecule has 2 N–H and O–H groups in total. The molecule has 0 aliphatic rings. The Morgan fingerprint density at radius 2 is 1.71 bits per heavy atom. The lowest BCUT2D eigenvalue weighted by molar-refractivity contribution is 0.151. The highest BCUT2D eigenvalue weighted by molar-refractivity contribution is 5.25. The summed E-state index contributed by atoms with van der Waals surface area (Å²) in [5.74, 6) is 0. The first-order valence-corrected chi connectivity index (χ1v) is 4.27. The van der Waals surface area contributed by atoms with E-state index in [0.717, 1.165) is 5.56 Å². The van der Waals surface area contributed by atoms with Gasteiger partial charge in [-0.2, -0.15) is 0 Å². The fourth-order valence-corrected chi connectivity index (χ4v) is 1.16. The summed E-state index contributed by atoms with van der Waals surface area (Å²) in [6.45, 7) is 0.383. The van der Waals surface area contributed by atoms with Gasteiger partial charge >= 0.3 is 0 Å². The summed E-state index contributed by atoms with van der Waals surface area (Å²) in [6, 6.07) is 5.72. The van der Waals surface area contributed by atoms with Crippen LogP contribution in [-0.2, 0) is 4.74 Å². The molecule has 2 nitrogen and oxygen atoms in total. The van der Waals surface area contributed by atoms with Gasteiger partial charge in [-0.3, -0.25) is 0 Å². The average molecular weight is 201 g/mol. The van der Waals surface area contributed by atoms with E-state index in [1.807, 2.05) is 0 Å². The monoisotopic (exact) mass is 201 g/mol. The van der Waals surface area contributed by atoms with Crippen LogP contribution in [0.2, 0.25) is 0 Å². The first-order valence-electron chi connectivity index (χ1n) is 4.27. The maximum absolute atomic E-state index is 12.2. The number of benzene rings is 1. The van der Waals surface area contributed by atoms with Gasteiger partial charge in [0.25, 0.3) is 6.43 Å². The smallest absolute Gasteiger partial charge is 0.263 e. The van der Waals surface area contributed by atoms with Gasteiger partial charge < -0.3 is 10.5 Å². The van der Waals surface area contributed by atoms with Gasteiger partial charge in [-0.1, -0.05) is 24.3 Å². The Kier molecular flexibility index (Phi) is 3.98. The second-order valence-corrected chi connectivity index (χ2v) is 3.03. The topological polar surface area (TPSA) is 35.2 Å². The van der Waals surface area contributed by atoms with Gasteiger partial charge in [0.1, 0.15) is 0 Å². The third kappa shape index (κ3) is 2.75. The molecule has 0 saturated heterocycles. The molecule has 0 fully saturated rings. The molecular formula is C10H13F2NO. The Balaban J connectivity index is 2.72. The Bertz CT molecular complexity index is 274. The molecule has 1 rings (SSSR count). The van der Waals surface area contributed by atoms with Crippen molar-refractivity contribution in [2.45, 2.75) is 12.5 Å². The van der Waals surface area contributed by atoms with E-state index in [1.165, 1.54) is 12.1 Å². The van der Waals surface area contributed by atoms with Crippen LogP contribution in [0.1, 0.15) is 23.6 Å². The van der Waals surface area contributed by atoms with Crippen LogP contribution in [0.4, 0.5) is 8.78 Å². The fraction of sp³-hybridized carbons (Fsp3) is 0.400. The number of rotatable bonds is 4. The molecule has 1 atom stereocenters. The van der Waals surface area contributed by atoms with Crippen LogP contribution >= 0.6 is 0 Å². The lowest BCUT2D eigenvalue weighted by atomic mass is 10.1. The van der Waals surface area contributed by atoms with E-state index in [9.17, 15) is 8.78 Å². The van der Waals surface area contributed by atoms with Crippen LogP contribution in [0.5, 0.6) is 0 Å². The van der Waals surface area contributed by atoms with Crippen molar-refractivity contribution in [3.05, 3.63) is 35.4 Å². The maximum Gasteiger partial charge on any atom is 0.263 e. The van der Waals surface area contributed by atoms with Crippen molar-refractivity contribution in [1.82, 2.24) is 0 Å². The molecule has 78 valence electrons. The van der Waals surface area contributed by atoms with E-state index >= 15 is 0 Å². The van der Waals surface area contributed by atoms with Crippen molar-refractivity contribution in [2.24, 2.45) is 5.73 Å². The second-order valence-electron chi connectivity index (χ2n) is 3.03. The summed E-state index contributed by atoms with van der Waals surface area (Å²) in [7, 11) is 1.55. The molecule has 0 aromatic heterocycles. The highest BCUT2D eigenvalue weighted by Gasteiger charge is 2.08. The van der Waals surface area contributed by atoms with E-state index in [1.54, 1.807) is 19.2 Å². The van der Waals surface area contributed by atoms with Crippen LogP contribution in [0.15, 0.2) is 24.3 Å². The van der Waals surface area contributed by atoms with Crippen LogP contribution in [0.3, 0.4) is 0 Å². The molecule has 0 amide bonds. The minimum Gasteiger partial charge on any atom is -0.383 e. The normalized spacial score (nSPS) is 13.2. The van der Waals surface area contributed by atoms with Gasteiger partial charge in [-0.15, -0.1) is 0 Å². The number of hydrogen-bond donors (Lipinski definition) is 1. The molecule has 0 saturated carbocycles. The largest absolute Gasteiger partial charge is 0.383 e. The summed E-state index contributed by atoms with van der Waals surface area (Å²) < 4.78 is 29.2. The van der Waals surface area contributed by atoms with E-state index < -0.39 is 6.43 Å². The molecule has 0 radical (unpaired) electrons. The predicted molar refractivity (Wildman–Crippen MR) is 50.2 cm³/mol. The SMILES string of the molecule is COCC(N)c1ccc(C(F)F)cc1. The summed E-state index contributed by atoms with van der Waals surface area (Å²) in [5, 5.41) is 0. The number of nitrogens with two attached hydrogens (primary N) is 1. The number of hydrogen-bond acceptors (Lipinski definition) is 2. The number of alkyl halides is 2. The standard InChI is InChI=1S/C10H13F2NO/c1-14-6-9(13)7-2-4-8(5-3-7)10(11)12/h2-5,9-10H,6,13H2,1H3. The average Bonchev–Trinajstić information content (AvgIpc) is 2.18. The minimum atomic E-state index is -2.43. The van der Waals surface area contributed by atoms with E-state index in [-0.39, 0.29) is 11.6 Å². The van der Waals surface area contributed by atoms with Gasteiger partial charge in [0.05, 0.1) is 12.6 Å². The van der Waals surface area contributed by atoms with Crippen molar-refractivity contribution in [1.29, 1.82) is 0 Å². The molecule has 1 aromatic rings. The number of ether oxygens (including phenoxy) is 1. The Morgan fingerprint density at radius 1 is 1.21 bits per heavy atom. The van der Waals surface area contributed by atoms with Gasteiger partial charge in [0, 0.05) is 12.7 Å². The minimum absolute atomic E-state index is 0.0124. The molecule has 0 bridgehead atoms. The van der Waals surface area contributed by atoms with Crippen molar-refractivity contribution in [3.8, 4) is 0 Å². The van der Waals surface area contributed by atoms with Crippen LogP contribution < -0.4 is 5.73 Å². The van der Waals surface area contributed by atoms with Crippen LogP contribution in [-0.4, -0.2) is 13.7 Å². The molecule has 14 heavy (non-hydrogen) atoms. The molecule has 0 aliphatic heterocycles. The first-order chi connectivity index (χ1) is 6.65. The highest BCUT2D eigenvalue weighted by Crippen LogP contribution is 2.20. The predicted octanol–water partition coefficient (Wildman–Crippen LogP) is 2.27. The summed E-state index contributed by atoms with van der Waals surface area (Å²) in [6.07, 6.45) is -2.43. The zero-order valence-electron chi connectivity index (χ0n) is 7.91. The molecule has 1 aromatic carbocycles. The molecule has 1 unspecified atom stereocenters. The van der Waals surface area contributed by atoms with E-state index in [0.29, 0.717) is 6.61 Å². The van der Waals surface area contributed by atoms with Crippen molar-refractivity contribution in [3.63, 3.8) is 0 Å². The number of methoxy groups -OCH3 is 1. The van der Waals surface area contributed by atoms with Crippen LogP contribution in [0.25, 0.3) is 0 Å². The summed E-state index contributed by atoms with van der Waals surface area (Å²) in [4.78, 5) is 0. The zero-order chi connectivity index (χ0) is 10.6. The van der Waals surface area contributed by atoms with Gasteiger partial charge in [-0.25, -0.2) is 8.78 Å². The van der Waals surface area contributed by atoms with E-state index in [4.69, 9.17) is 10.5 Å². The van der Waals surface area contributed by atoms with Crippen molar-refractivity contribution >= 4 is 0 Å². The lowest BCUT2D eigenvalue weighted by Crippen LogP contribution is -2.15. The number of halogens is 2. The maximum atomic E-state index is 12.2. The summed E-state index contributed by atoms with van der Waals surface area (Å²) in [5.41, 5.74) is 6.53. The van der Waals surface area contributed by atoms with Gasteiger partial charge in [-0.05, 0) is 5.56 Å². The molecule has 0 heterocycles. The quantitative estimate of drug-likeness (QED) is 0.811. The third-order valence-corrected chi connectivity index (χ3v) is 1.96. The third-order valence-electron chi connectivity index (χ3n) is 1.96. The van der Waals surface area contributed by atoms with Crippen molar-refractivity contribution in [2.75, 3.05) is 13.7 Å². The highest BCUT2D eigenvalue weighted by atomic mass is 19.3. The Labute approximate surface area is 81.7 Å². The zero-order valence-corrected chi connectivity index (χ0v) is 7.91. The first kappa shape index (κ1) is 11.1. The van der Waals surface area contributed by atoms with Crippen LogP contribution in [0, 0.1) is 0 Å². The summed E-state index contributed by atoms with van der Waals surface area (Å²) >= 11 is 0. The molecule has 0 aliphatic carbocycles. The molecule has 4 heteroatoms. The lowest BCUT2D eigenvalue weighted by Gasteiger charge is -2.11. The van der Waals surface area contributed by atoms with E-state index in [2.05, 4.69) is 0 Å². The molecular weight excluding hydrogens is 188 g/mol. The van der Waals surface area contributed by atoms with Crippen molar-refractivity contribution < 1.29 is 13.5 Å².